The third kappa shape index (κ3) is 7.41. The number of aliphatic hydroxyl groups is 1. The van der Waals surface area contributed by atoms with Gasteiger partial charge >= 0.3 is 0 Å². The van der Waals surface area contributed by atoms with Crippen molar-refractivity contribution in [2.75, 3.05) is 26.1 Å². The zero-order chi connectivity index (χ0) is 20.7. The highest BCUT2D eigenvalue weighted by Gasteiger charge is 2.28. The average Bonchev–Trinajstić information content (AvgIpc) is 2.72. The van der Waals surface area contributed by atoms with Crippen LogP contribution in [0, 0.1) is 0 Å². The number of morpholine rings is 1. The van der Waals surface area contributed by atoms with Crippen molar-refractivity contribution in [3.63, 3.8) is 0 Å². The molecular weight excluding hydrogens is 394 g/mol. The van der Waals surface area contributed by atoms with E-state index in [-0.39, 0.29) is 18.7 Å². The molecule has 1 saturated heterocycles. The summed E-state index contributed by atoms with van der Waals surface area (Å²) in [7, 11) is -3.59. The number of nitrogens with one attached hydrogen (secondary N) is 1. The van der Waals surface area contributed by atoms with Gasteiger partial charge in [0.2, 0.25) is 0 Å². The summed E-state index contributed by atoms with van der Waals surface area (Å²) in [4.78, 5) is 0. The highest BCUT2D eigenvalue weighted by atomic mass is 32.2. The molecule has 3 atom stereocenters. The van der Waals surface area contributed by atoms with Gasteiger partial charge in [0.15, 0.2) is 0 Å². The minimum atomic E-state index is -3.59. The zero-order valence-electron chi connectivity index (χ0n) is 16.4. The largest absolute Gasteiger partial charge is 0.489 e. The lowest BCUT2D eigenvalue weighted by Gasteiger charge is -2.33. The van der Waals surface area contributed by atoms with Crippen LogP contribution in [0.2, 0.25) is 0 Å². The summed E-state index contributed by atoms with van der Waals surface area (Å²) in [6.07, 6.45) is 0.705. The van der Waals surface area contributed by atoms with Gasteiger partial charge in [-0.05, 0) is 29.7 Å². The number of benzene rings is 2. The summed E-state index contributed by atoms with van der Waals surface area (Å²) in [6, 6.07) is 17.5. The Labute approximate surface area is 171 Å². The van der Waals surface area contributed by atoms with Crippen LogP contribution >= 0.6 is 0 Å². The summed E-state index contributed by atoms with van der Waals surface area (Å²) in [5.41, 5.74) is 2.23. The van der Waals surface area contributed by atoms with Crippen LogP contribution in [0.1, 0.15) is 11.1 Å². The summed E-state index contributed by atoms with van der Waals surface area (Å²) in [5, 5.41) is 13.5. The van der Waals surface area contributed by atoms with E-state index in [0.29, 0.717) is 19.8 Å². The second kappa shape index (κ2) is 10.2. The molecule has 158 valence electrons. The van der Waals surface area contributed by atoms with E-state index in [4.69, 9.17) is 9.47 Å². The van der Waals surface area contributed by atoms with Crippen LogP contribution in [0.3, 0.4) is 0 Å². The molecule has 0 unspecified atom stereocenters. The minimum Gasteiger partial charge on any atom is -0.489 e. The Morgan fingerprint density at radius 2 is 1.83 bits per heavy atom. The number of hydrogen-bond acceptors (Lipinski definition) is 7. The first kappa shape index (κ1) is 21.7. The van der Waals surface area contributed by atoms with Crippen LogP contribution in [0.25, 0.3) is 0 Å². The first-order valence-electron chi connectivity index (χ1n) is 9.51. The monoisotopic (exact) mass is 421 g/mol. The van der Waals surface area contributed by atoms with Crippen LogP contribution in [0.4, 0.5) is 0 Å². The molecule has 0 aliphatic carbocycles. The van der Waals surface area contributed by atoms with Gasteiger partial charge in [-0.2, -0.15) is 8.42 Å². The van der Waals surface area contributed by atoms with Gasteiger partial charge < -0.3 is 19.9 Å². The van der Waals surface area contributed by atoms with E-state index in [1.165, 1.54) is 0 Å². The van der Waals surface area contributed by atoms with Crippen molar-refractivity contribution in [3.8, 4) is 5.75 Å². The molecule has 1 aliphatic rings. The van der Waals surface area contributed by atoms with Gasteiger partial charge in [-0.3, -0.25) is 4.18 Å². The predicted octanol–water partition coefficient (Wildman–Crippen LogP) is 1.50. The molecule has 2 N–H and O–H groups in total. The van der Waals surface area contributed by atoms with Gasteiger partial charge in [-0.1, -0.05) is 42.5 Å². The van der Waals surface area contributed by atoms with E-state index < -0.39 is 16.2 Å². The summed E-state index contributed by atoms with van der Waals surface area (Å²) < 4.78 is 38.2. The first-order valence-corrected chi connectivity index (χ1v) is 11.3. The molecule has 0 bridgehead atoms. The van der Waals surface area contributed by atoms with Crippen molar-refractivity contribution < 1.29 is 27.2 Å². The number of ether oxygens (including phenoxy) is 2. The molecule has 1 fully saturated rings. The number of aliphatic hydroxyl groups excluding tert-OH is 1. The van der Waals surface area contributed by atoms with Crippen molar-refractivity contribution in [3.05, 3.63) is 65.7 Å². The van der Waals surface area contributed by atoms with E-state index in [0.717, 1.165) is 29.6 Å². The molecule has 0 saturated carbocycles. The maximum Gasteiger partial charge on any atom is 0.264 e. The van der Waals surface area contributed by atoms with E-state index >= 15 is 0 Å². The van der Waals surface area contributed by atoms with E-state index in [2.05, 4.69) is 9.50 Å². The number of rotatable bonds is 9. The Morgan fingerprint density at radius 3 is 2.52 bits per heavy atom. The van der Waals surface area contributed by atoms with Crippen LogP contribution in [-0.4, -0.2) is 57.8 Å². The average molecular weight is 422 g/mol. The maximum absolute atomic E-state index is 11.1. The van der Waals surface area contributed by atoms with Gasteiger partial charge in [0.05, 0.1) is 38.2 Å². The Morgan fingerprint density at radius 1 is 1.10 bits per heavy atom. The van der Waals surface area contributed by atoms with Gasteiger partial charge in [0, 0.05) is 6.04 Å². The molecule has 0 amide bonds. The van der Waals surface area contributed by atoms with Crippen molar-refractivity contribution >= 4 is 10.1 Å². The lowest BCUT2D eigenvalue weighted by atomic mass is 10.0. The van der Waals surface area contributed by atoms with Crippen molar-refractivity contribution in [2.24, 2.45) is 0 Å². The zero-order valence-corrected chi connectivity index (χ0v) is 17.2. The fraction of sp³-hybridized carbons (Fsp3) is 0.429. The normalized spacial score (nSPS) is 20.9. The standard InChI is InChI=1S/C21H27NO6S/c1-29(24,25)28-15-21(23)20-14-26-13-18(22-20)11-16-7-9-19(10-8-16)27-12-17-5-3-2-4-6-17/h2-10,18,20-23H,11-15H2,1H3/t18-,20+,21+/m0/s1. The van der Waals surface area contributed by atoms with E-state index in [9.17, 15) is 13.5 Å². The van der Waals surface area contributed by atoms with Gasteiger partial charge in [-0.25, -0.2) is 0 Å². The fourth-order valence-corrected chi connectivity index (χ4v) is 3.52. The van der Waals surface area contributed by atoms with Crippen molar-refractivity contribution in [2.45, 2.75) is 31.2 Å². The third-order valence-electron chi connectivity index (χ3n) is 4.64. The Bertz CT molecular complexity index is 856. The van der Waals surface area contributed by atoms with Gasteiger partial charge in [-0.15, -0.1) is 0 Å². The van der Waals surface area contributed by atoms with Gasteiger partial charge in [0.1, 0.15) is 12.4 Å². The molecule has 3 rings (SSSR count). The Kier molecular flexibility index (Phi) is 7.63. The smallest absolute Gasteiger partial charge is 0.264 e. The van der Waals surface area contributed by atoms with Crippen molar-refractivity contribution in [1.82, 2.24) is 5.32 Å². The quantitative estimate of drug-likeness (QED) is 0.593. The molecule has 2 aromatic carbocycles. The molecule has 8 heteroatoms. The topological polar surface area (TPSA) is 94.1 Å². The highest BCUT2D eigenvalue weighted by Crippen LogP contribution is 2.17. The highest BCUT2D eigenvalue weighted by molar-refractivity contribution is 7.85. The molecule has 0 radical (unpaired) electrons. The second-order valence-electron chi connectivity index (χ2n) is 7.19. The fourth-order valence-electron chi connectivity index (χ4n) is 3.13. The number of hydrogen-bond donors (Lipinski definition) is 2. The summed E-state index contributed by atoms with van der Waals surface area (Å²) in [6.45, 7) is 1.05. The lowest BCUT2D eigenvalue weighted by Crippen LogP contribution is -2.56. The molecule has 0 spiro atoms. The van der Waals surface area contributed by atoms with Crippen LogP contribution in [0.5, 0.6) is 5.75 Å². The van der Waals surface area contributed by atoms with Crippen LogP contribution in [-0.2, 0) is 32.1 Å². The second-order valence-corrected chi connectivity index (χ2v) is 8.83. The van der Waals surface area contributed by atoms with Crippen LogP contribution < -0.4 is 10.1 Å². The molecule has 1 aliphatic heterocycles. The molecular formula is C21H27NO6S. The first-order chi connectivity index (χ1) is 13.9. The summed E-state index contributed by atoms with van der Waals surface area (Å²) in [5.74, 6) is 0.802. The molecule has 2 aromatic rings. The molecule has 1 heterocycles. The predicted molar refractivity (Wildman–Crippen MR) is 109 cm³/mol. The summed E-state index contributed by atoms with van der Waals surface area (Å²) >= 11 is 0. The third-order valence-corrected chi connectivity index (χ3v) is 5.20. The van der Waals surface area contributed by atoms with Crippen molar-refractivity contribution in [1.29, 1.82) is 0 Å². The van der Waals surface area contributed by atoms with E-state index in [1.54, 1.807) is 0 Å². The molecule has 0 aromatic heterocycles. The molecule has 29 heavy (non-hydrogen) atoms. The molecule has 7 nitrogen and oxygen atoms in total. The Hall–Kier alpha value is -1.97. The Balaban J connectivity index is 1.47. The minimum absolute atomic E-state index is 0.0118. The maximum atomic E-state index is 11.1. The SMILES string of the molecule is CS(=O)(=O)OC[C@@H](O)[C@H]1COC[C@H](Cc2ccc(OCc3ccccc3)cc2)N1. The lowest BCUT2D eigenvalue weighted by molar-refractivity contribution is -0.0173. The van der Waals surface area contributed by atoms with E-state index in [1.807, 2.05) is 54.6 Å². The van der Waals surface area contributed by atoms with Crippen LogP contribution in [0.15, 0.2) is 54.6 Å². The van der Waals surface area contributed by atoms with Gasteiger partial charge in [0.25, 0.3) is 10.1 Å².